The van der Waals surface area contributed by atoms with E-state index in [0.717, 1.165) is 51.5 Å². The molecule has 0 unspecified atom stereocenters. The highest BCUT2D eigenvalue weighted by atomic mass is 16.3. The molecule has 58 heavy (non-hydrogen) atoms. The molecule has 1 aliphatic rings. The van der Waals surface area contributed by atoms with Gasteiger partial charge in [0.05, 0.1) is 11.4 Å². The highest BCUT2D eigenvalue weighted by Gasteiger charge is 2.38. The highest BCUT2D eigenvalue weighted by Crippen LogP contribution is 2.51. The fourth-order valence-corrected chi connectivity index (χ4v) is 8.87. The van der Waals surface area contributed by atoms with E-state index in [1.807, 2.05) is 18.4 Å². The van der Waals surface area contributed by atoms with Gasteiger partial charge in [-0.2, -0.15) is 0 Å². The molecule has 0 fully saturated rings. The molecule has 7 aromatic rings. The molecule has 0 amide bonds. The molecule has 1 aromatic heterocycles. The van der Waals surface area contributed by atoms with Crippen LogP contribution in [0.4, 0.5) is 34.1 Å². The number of rotatable bonds is 7. The van der Waals surface area contributed by atoms with E-state index in [0.29, 0.717) is 0 Å². The summed E-state index contributed by atoms with van der Waals surface area (Å²) in [5.74, 6) is 0. The SMILES string of the molecule is Cc1cc(N(c2ccc3c(c2)C(C)(C)CCC3(C)C)c2ccc(C(C)(C)C)cc2-c2ccccc2)cc(N(c2ccc(C(C)(C)C)cc2)c2coc3ccccc23)c1. The van der Waals surface area contributed by atoms with Gasteiger partial charge in [0.2, 0.25) is 0 Å². The number of aryl methyl sites for hydroxylation is 1. The van der Waals surface area contributed by atoms with Gasteiger partial charge in [-0.25, -0.2) is 0 Å². The normalized spacial score (nSPS) is 14.9. The van der Waals surface area contributed by atoms with Gasteiger partial charge in [-0.05, 0) is 142 Å². The molecule has 6 aromatic carbocycles. The summed E-state index contributed by atoms with van der Waals surface area (Å²) in [6.45, 7) is 25.6. The lowest BCUT2D eigenvalue weighted by Gasteiger charge is -2.42. The maximum absolute atomic E-state index is 6.24. The van der Waals surface area contributed by atoms with Crippen LogP contribution < -0.4 is 9.80 Å². The summed E-state index contributed by atoms with van der Waals surface area (Å²) in [7, 11) is 0. The molecule has 0 saturated carbocycles. The average Bonchev–Trinajstić information content (AvgIpc) is 3.60. The first kappa shape index (κ1) is 39.3. The van der Waals surface area contributed by atoms with Crippen molar-refractivity contribution >= 4 is 45.1 Å². The number of para-hydroxylation sites is 1. The topological polar surface area (TPSA) is 19.6 Å². The monoisotopic (exact) mass is 764 g/mol. The Hall–Kier alpha value is -5.54. The number of furan rings is 1. The summed E-state index contributed by atoms with van der Waals surface area (Å²) in [6, 6.07) is 49.7. The van der Waals surface area contributed by atoms with Crippen molar-refractivity contribution in [3.8, 4) is 11.1 Å². The fourth-order valence-electron chi connectivity index (χ4n) is 8.87. The van der Waals surface area contributed by atoms with Crippen LogP contribution in [0.15, 0.2) is 144 Å². The van der Waals surface area contributed by atoms with Crippen LogP contribution in [-0.2, 0) is 21.7 Å². The molecule has 3 heteroatoms. The average molecular weight is 765 g/mol. The first-order chi connectivity index (χ1) is 27.4. The zero-order valence-corrected chi connectivity index (χ0v) is 36.5. The van der Waals surface area contributed by atoms with Crippen molar-refractivity contribution in [3.05, 3.63) is 168 Å². The number of hydrogen-bond acceptors (Lipinski definition) is 3. The number of benzene rings is 6. The summed E-state index contributed by atoms with van der Waals surface area (Å²) < 4.78 is 6.24. The van der Waals surface area contributed by atoms with Gasteiger partial charge in [0.25, 0.3) is 0 Å². The first-order valence-corrected chi connectivity index (χ1v) is 21.0. The van der Waals surface area contributed by atoms with Gasteiger partial charge in [-0.3, -0.25) is 0 Å². The van der Waals surface area contributed by atoms with Crippen LogP contribution in [-0.4, -0.2) is 0 Å². The van der Waals surface area contributed by atoms with E-state index in [9.17, 15) is 0 Å². The lowest BCUT2D eigenvalue weighted by atomic mass is 9.63. The Morgan fingerprint density at radius 3 is 1.72 bits per heavy atom. The molecular formula is C55H60N2O. The molecule has 0 N–H and O–H groups in total. The number of fused-ring (bicyclic) bond motifs is 2. The van der Waals surface area contributed by atoms with Crippen molar-refractivity contribution in [1.82, 2.24) is 0 Å². The Bertz CT molecular complexity index is 2590. The van der Waals surface area contributed by atoms with Crippen LogP contribution in [0.1, 0.15) is 110 Å². The Morgan fingerprint density at radius 1 is 0.500 bits per heavy atom. The predicted molar refractivity (Wildman–Crippen MR) is 248 cm³/mol. The standard InChI is InChI=1S/C55H60N2O/c1-37-31-43(56(41-24-21-39(22-25-41)52(2,3)4)50-36-58-51-20-16-15-19-45(50)51)34-44(32-37)57(42-26-27-47-48(35-42)55(10,11)30-29-54(47,8)9)49-28-23-40(53(5,6)7)33-46(49)38-17-13-12-14-18-38/h12-28,31-36H,29-30H2,1-11H3. The Kier molecular flexibility index (Phi) is 9.74. The minimum Gasteiger partial charge on any atom is -0.462 e. The fraction of sp³-hybridized carbons (Fsp3) is 0.309. The Balaban J connectivity index is 1.40. The van der Waals surface area contributed by atoms with Gasteiger partial charge in [-0.15, -0.1) is 0 Å². The molecule has 0 aliphatic heterocycles. The Labute approximate surface area is 347 Å². The third kappa shape index (κ3) is 7.37. The number of anilines is 6. The van der Waals surface area contributed by atoms with E-state index in [-0.39, 0.29) is 21.7 Å². The maximum atomic E-state index is 6.24. The lowest BCUT2D eigenvalue weighted by molar-refractivity contribution is 0.332. The molecule has 0 saturated heterocycles. The summed E-state index contributed by atoms with van der Waals surface area (Å²) in [4.78, 5) is 4.88. The molecular weight excluding hydrogens is 705 g/mol. The smallest absolute Gasteiger partial charge is 0.136 e. The van der Waals surface area contributed by atoms with Gasteiger partial charge < -0.3 is 14.2 Å². The highest BCUT2D eigenvalue weighted by molar-refractivity contribution is 5.98. The van der Waals surface area contributed by atoms with E-state index in [4.69, 9.17) is 4.42 Å². The second kappa shape index (κ2) is 14.4. The number of hydrogen-bond donors (Lipinski definition) is 0. The van der Waals surface area contributed by atoms with E-state index in [1.165, 1.54) is 45.4 Å². The first-order valence-electron chi connectivity index (χ1n) is 21.0. The molecule has 3 nitrogen and oxygen atoms in total. The van der Waals surface area contributed by atoms with Gasteiger partial charge in [0, 0.05) is 33.7 Å². The van der Waals surface area contributed by atoms with Crippen LogP contribution in [0.5, 0.6) is 0 Å². The predicted octanol–water partition coefficient (Wildman–Crippen LogP) is 16.3. The van der Waals surface area contributed by atoms with Gasteiger partial charge in [0.15, 0.2) is 0 Å². The second-order valence-electron chi connectivity index (χ2n) is 20.0. The molecule has 0 bridgehead atoms. The molecule has 0 atom stereocenters. The number of nitrogens with zero attached hydrogens (tertiary/aromatic N) is 2. The van der Waals surface area contributed by atoms with Crippen LogP contribution in [0.2, 0.25) is 0 Å². The lowest BCUT2D eigenvalue weighted by Crippen LogP contribution is -2.34. The molecule has 8 rings (SSSR count). The summed E-state index contributed by atoms with van der Waals surface area (Å²) >= 11 is 0. The van der Waals surface area contributed by atoms with Crippen LogP contribution in [0.25, 0.3) is 22.1 Å². The zero-order chi connectivity index (χ0) is 41.2. The molecule has 1 heterocycles. The van der Waals surface area contributed by atoms with Crippen LogP contribution in [0, 0.1) is 6.92 Å². The van der Waals surface area contributed by atoms with Crippen molar-refractivity contribution in [3.63, 3.8) is 0 Å². The van der Waals surface area contributed by atoms with E-state index in [2.05, 4.69) is 207 Å². The van der Waals surface area contributed by atoms with Crippen molar-refractivity contribution in [1.29, 1.82) is 0 Å². The molecule has 0 spiro atoms. The van der Waals surface area contributed by atoms with E-state index < -0.39 is 0 Å². The molecule has 0 radical (unpaired) electrons. The second-order valence-corrected chi connectivity index (χ2v) is 20.0. The van der Waals surface area contributed by atoms with Gasteiger partial charge in [0.1, 0.15) is 11.8 Å². The quantitative estimate of drug-likeness (QED) is 0.161. The van der Waals surface area contributed by atoms with E-state index >= 15 is 0 Å². The largest absolute Gasteiger partial charge is 0.462 e. The van der Waals surface area contributed by atoms with Crippen LogP contribution in [0.3, 0.4) is 0 Å². The summed E-state index contributed by atoms with van der Waals surface area (Å²) in [6.07, 6.45) is 4.25. The zero-order valence-electron chi connectivity index (χ0n) is 36.5. The van der Waals surface area contributed by atoms with Crippen molar-refractivity contribution in [2.75, 3.05) is 9.80 Å². The minimum absolute atomic E-state index is 0.0127. The maximum Gasteiger partial charge on any atom is 0.136 e. The summed E-state index contributed by atoms with van der Waals surface area (Å²) in [5, 5.41) is 1.07. The van der Waals surface area contributed by atoms with E-state index in [1.54, 1.807) is 0 Å². The van der Waals surface area contributed by atoms with Gasteiger partial charge in [-0.1, -0.05) is 136 Å². The van der Waals surface area contributed by atoms with Crippen molar-refractivity contribution in [2.45, 2.75) is 111 Å². The third-order valence-electron chi connectivity index (χ3n) is 12.5. The third-order valence-corrected chi connectivity index (χ3v) is 12.5. The minimum atomic E-state index is -0.0127. The Morgan fingerprint density at radius 2 is 1.07 bits per heavy atom. The van der Waals surface area contributed by atoms with Gasteiger partial charge >= 0.3 is 0 Å². The van der Waals surface area contributed by atoms with Crippen LogP contribution >= 0.6 is 0 Å². The molecule has 296 valence electrons. The van der Waals surface area contributed by atoms with Crippen molar-refractivity contribution < 1.29 is 4.42 Å². The molecule has 1 aliphatic carbocycles. The van der Waals surface area contributed by atoms with Crippen molar-refractivity contribution in [2.24, 2.45) is 0 Å². The summed E-state index contributed by atoms with van der Waals surface area (Å²) in [5.41, 5.74) is 16.8.